The summed E-state index contributed by atoms with van der Waals surface area (Å²) in [5, 5.41) is 8.09. The number of halogens is 1. The van der Waals surface area contributed by atoms with Crippen LogP contribution < -0.4 is 5.48 Å². The zero-order valence-electron chi connectivity index (χ0n) is 5.71. The highest BCUT2D eigenvalue weighted by molar-refractivity contribution is 6.18. The van der Waals surface area contributed by atoms with E-state index >= 15 is 0 Å². The molecule has 0 bridgehead atoms. The lowest BCUT2D eigenvalue weighted by Gasteiger charge is -1.94. The summed E-state index contributed by atoms with van der Waals surface area (Å²) >= 11 is 5.26. The Labute approximate surface area is 69.1 Å². The number of alkyl halides is 1. The monoisotopic (exact) mass is 177 g/mol. The van der Waals surface area contributed by atoms with Crippen molar-refractivity contribution in [2.24, 2.45) is 0 Å². The van der Waals surface area contributed by atoms with E-state index < -0.39 is 5.97 Å². The lowest BCUT2D eigenvalue weighted by Crippen LogP contribution is -2.14. The zero-order chi connectivity index (χ0) is 8.53. The van der Waals surface area contributed by atoms with Gasteiger partial charge in [-0.2, -0.15) is 0 Å². The first kappa shape index (κ1) is 10.0. The maximum Gasteiger partial charge on any atom is 0.332 e. The van der Waals surface area contributed by atoms with Gasteiger partial charge in [-0.1, -0.05) is 0 Å². The van der Waals surface area contributed by atoms with Crippen molar-refractivity contribution < 1.29 is 14.7 Å². The van der Waals surface area contributed by atoms with Crippen molar-refractivity contribution in [1.82, 2.24) is 5.48 Å². The maximum absolute atomic E-state index is 9.86. The van der Waals surface area contributed by atoms with Gasteiger partial charge in [0.2, 0.25) is 0 Å². The molecule has 62 valence electrons. The van der Waals surface area contributed by atoms with Crippen LogP contribution in [0.25, 0.3) is 0 Å². The number of hydrogen-bond acceptors (Lipinski definition) is 3. The van der Waals surface area contributed by atoms with E-state index in [1.54, 1.807) is 6.08 Å². The topological polar surface area (TPSA) is 58.6 Å². The second-order valence-corrected chi connectivity index (χ2v) is 1.78. The van der Waals surface area contributed by atoms with Crippen molar-refractivity contribution >= 4 is 17.6 Å². The predicted octanol–water partition coefficient (Wildman–Crippen LogP) is 0.500. The van der Waals surface area contributed by atoms with Crippen LogP contribution in [0.5, 0.6) is 0 Å². The SMILES string of the molecule is O=C(O)CONC=C=CCCl. The van der Waals surface area contributed by atoms with Crippen LogP contribution in [0, 0.1) is 0 Å². The first-order valence-electron chi connectivity index (χ1n) is 2.82. The molecule has 0 amide bonds. The Hall–Kier alpha value is -0.960. The zero-order valence-corrected chi connectivity index (χ0v) is 6.47. The van der Waals surface area contributed by atoms with Gasteiger partial charge in [-0.25, -0.2) is 4.79 Å². The summed E-state index contributed by atoms with van der Waals surface area (Å²) in [6, 6.07) is 0. The van der Waals surface area contributed by atoms with Crippen LogP contribution in [-0.2, 0) is 9.63 Å². The molecule has 2 N–H and O–H groups in total. The molecule has 5 heteroatoms. The van der Waals surface area contributed by atoms with Crippen LogP contribution >= 0.6 is 11.6 Å². The molecule has 0 aliphatic carbocycles. The van der Waals surface area contributed by atoms with Gasteiger partial charge in [-0.05, 0) is 6.08 Å². The lowest BCUT2D eigenvalue weighted by atomic mass is 10.7. The van der Waals surface area contributed by atoms with Crippen molar-refractivity contribution in [2.45, 2.75) is 0 Å². The molecule has 0 heterocycles. The molecule has 0 fully saturated rings. The molecule has 0 spiro atoms. The van der Waals surface area contributed by atoms with E-state index in [0.717, 1.165) is 0 Å². The van der Waals surface area contributed by atoms with Crippen LogP contribution in [0.2, 0.25) is 0 Å². The number of nitrogens with one attached hydrogen (secondary N) is 1. The molecule has 4 nitrogen and oxygen atoms in total. The average Bonchev–Trinajstić information content (AvgIpc) is 1.96. The summed E-state index contributed by atoms with van der Waals surface area (Å²) in [6.45, 7) is -0.390. The maximum atomic E-state index is 9.86. The van der Waals surface area contributed by atoms with Crippen molar-refractivity contribution in [1.29, 1.82) is 0 Å². The van der Waals surface area contributed by atoms with Crippen LogP contribution in [0.4, 0.5) is 0 Å². The van der Waals surface area contributed by atoms with Gasteiger partial charge in [0.15, 0.2) is 6.61 Å². The fourth-order valence-corrected chi connectivity index (χ4v) is 0.372. The number of carbonyl (C=O) groups is 1. The van der Waals surface area contributed by atoms with Gasteiger partial charge in [0.05, 0.1) is 6.20 Å². The van der Waals surface area contributed by atoms with E-state index in [4.69, 9.17) is 16.7 Å². The van der Waals surface area contributed by atoms with Crippen molar-refractivity contribution in [3.05, 3.63) is 18.0 Å². The molecule has 0 unspecified atom stereocenters. The van der Waals surface area contributed by atoms with Crippen molar-refractivity contribution in [3.8, 4) is 0 Å². The summed E-state index contributed by atoms with van der Waals surface area (Å²) in [6.07, 6.45) is 2.88. The third kappa shape index (κ3) is 9.04. The molecule has 0 aliphatic rings. The quantitative estimate of drug-likeness (QED) is 0.278. The predicted molar refractivity (Wildman–Crippen MR) is 40.1 cm³/mol. The third-order valence-corrected chi connectivity index (χ3v) is 0.771. The molecule has 0 rings (SSSR count). The van der Waals surface area contributed by atoms with E-state index in [1.165, 1.54) is 6.20 Å². The van der Waals surface area contributed by atoms with Crippen LogP contribution in [0.3, 0.4) is 0 Å². The molecule has 0 aliphatic heterocycles. The largest absolute Gasteiger partial charge is 0.479 e. The van der Waals surface area contributed by atoms with Crippen LogP contribution in [0.15, 0.2) is 18.0 Å². The Morgan fingerprint density at radius 3 is 3.09 bits per heavy atom. The first-order valence-corrected chi connectivity index (χ1v) is 3.35. The van der Waals surface area contributed by atoms with E-state index in [1.807, 2.05) is 0 Å². The Bertz CT molecular complexity index is 175. The second kappa shape index (κ2) is 7.15. The Balaban J connectivity index is 3.27. The number of aliphatic carboxylic acids is 1. The third-order valence-electron chi connectivity index (χ3n) is 0.616. The molecular weight excluding hydrogens is 170 g/mol. The molecule has 0 saturated heterocycles. The Morgan fingerprint density at radius 2 is 2.55 bits per heavy atom. The average molecular weight is 178 g/mol. The number of hydrogen-bond donors (Lipinski definition) is 2. The number of carboxylic acids is 1. The standard InChI is InChI=1S/C6H8ClNO3/c7-3-1-2-4-8-11-5-6(9)10/h1,4,8H,3,5H2,(H,9,10). The van der Waals surface area contributed by atoms with Gasteiger partial charge in [-0.15, -0.1) is 17.3 Å². The van der Waals surface area contributed by atoms with Crippen LogP contribution in [0.1, 0.15) is 0 Å². The minimum atomic E-state index is -1.03. The van der Waals surface area contributed by atoms with Gasteiger partial charge in [0.25, 0.3) is 0 Å². The molecule has 0 saturated carbocycles. The number of rotatable bonds is 5. The number of carboxylic acid groups (broad SMARTS) is 1. The van der Waals surface area contributed by atoms with Gasteiger partial charge < -0.3 is 5.11 Å². The molecule has 0 aromatic carbocycles. The lowest BCUT2D eigenvalue weighted by molar-refractivity contribution is -0.144. The summed E-state index contributed by atoms with van der Waals surface area (Å²) in [4.78, 5) is 14.3. The van der Waals surface area contributed by atoms with Gasteiger partial charge >= 0.3 is 5.97 Å². The number of allylic oxidation sites excluding steroid dienone is 1. The fourth-order valence-electron chi connectivity index (χ4n) is 0.283. The van der Waals surface area contributed by atoms with E-state index in [9.17, 15) is 4.79 Å². The van der Waals surface area contributed by atoms with Gasteiger partial charge in [0.1, 0.15) is 0 Å². The highest BCUT2D eigenvalue weighted by atomic mass is 35.5. The first-order chi connectivity index (χ1) is 5.27. The molecule has 11 heavy (non-hydrogen) atoms. The highest BCUT2D eigenvalue weighted by Gasteiger charge is 1.91. The summed E-state index contributed by atoms with van der Waals surface area (Å²) in [5.41, 5.74) is 4.84. The van der Waals surface area contributed by atoms with Gasteiger partial charge in [0, 0.05) is 5.88 Å². The molecule has 0 aromatic heterocycles. The highest BCUT2D eigenvalue weighted by Crippen LogP contribution is 1.73. The minimum Gasteiger partial charge on any atom is -0.479 e. The van der Waals surface area contributed by atoms with Crippen molar-refractivity contribution in [3.63, 3.8) is 0 Å². The molecular formula is C6H8ClNO3. The van der Waals surface area contributed by atoms with E-state index in [0.29, 0.717) is 5.88 Å². The normalized spacial score (nSPS) is 8.09. The fraction of sp³-hybridized carbons (Fsp3) is 0.333. The molecule has 0 aromatic rings. The Kier molecular flexibility index (Phi) is 6.53. The smallest absolute Gasteiger partial charge is 0.332 e. The van der Waals surface area contributed by atoms with Crippen molar-refractivity contribution in [2.75, 3.05) is 12.5 Å². The number of hydroxylamine groups is 1. The summed E-state index contributed by atoms with van der Waals surface area (Å²) in [7, 11) is 0. The Morgan fingerprint density at radius 1 is 1.82 bits per heavy atom. The van der Waals surface area contributed by atoms with E-state index in [-0.39, 0.29) is 6.61 Å². The molecule has 0 atom stereocenters. The molecule has 0 radical (unpaired) electrons. The summed E-state index contributed by atoms with van der Waals surface area (Å²) in [5.74, 6) is -0.677. The second-order valence-electron chi connectivity index (χ2n) is 1.47. The summed E-state index contributed by atoms with van der Waals surface area (Å²) < 4.78 is 0. The van der Waals surface area contributed by atoms with Crippen LogP contribution in [-0.4, -0.2) is 23.6 Å². The van der Waals surface area contributed by atoms with E-state index in [2.05, 4.69) is 16.0 Å². The minimum absolute atomic E-state index is 0.358. The van der Waals surface area contributed by atoms with Gasteiger partial charge in [-0.3, -0.25) is 10.3 Å².